The Morgan fingerprint density at radius 2 is 1.47 bits per heavy atom. The number of aryl methyl sites for hydroxylation is 2. The van der Waals surface area contributed by atoms with Crippen LogP contribution in [0.2, 0.25) is 0 Å². The van der Waals surface area contributed by atoms with Crippen LogP contribution in [0.25, 0.3) is 25.1 Å². The molecule has 4 aromatic rings. The van der Waals surface area contributed by atoms with Crippen LogP contribution in [0.15, 0.2) is 58.8 Å². The lowest BCUT2D eigenvalue weighted by atomic mass is 10.1. The summed E-state index contributed by atoms with van der Waals surface area (Å²) in [5, 5.41) is 2.68. The zero-order valence-corrected chi connectivity index (χ0v) is 26.2. The molecule has 0 saturated carbocycles. The van der Waals surface area contributed by atoms with Crippen LogP contribution in [-0.2, 0) is 22.3 Å². The van der Waals surface area contributed by atoms with Gasteiger partial charge in [0.15, 0.2) is 0 Å². The van der Waals surface area contributed by atoms with E-state index in [1.54, 1.807) is 11.8 Å². The quantitative estimate of drug-likeness (QED) is 0.0907. The van der Waals surface area contributed by atoms with Crippen molar-refractivity contribution in [3.63, 3.8) is 0 Å². The molecule has 0 unspecified atom stereocenters. The summed E-state index contributed by atoms with van der Waals surface area (Å²) < 4.78 is 13.9. The molecule has 38 heavy (non-hydrogen) atoms. The van der Waals surface area contributed by atoms with Crippen LogP contribution in [0.3, 0.4) is 0 Å². The van der Waals surface area contributed by atoms with Gasteiger partial charge in [0.2, 0.25) is 0 Å². The predicted octanol–water partition coefficient (Wildman–Crippen LogP) is 10.7. The SMILES string of the molecule is C=C(Sc1ccc2cc(CCCCOCCC)sc2c1)c1cc2cc(CCCCOCC)sc2cc1SC. The Morgan fingerprint density at radius 3 is 2.16 bits per heavy atom. The van der Waals surface area contributed by atoms with Gasteiger partial charge in [-0.15, -0.1) is 34.4 Å². The Bertz CT molecular complexity index is 1320. The van der Waals surface area contributed by atoms with E-state index in [1.165, 1.54) is 58.1 Å². The van der Waals surface area contributed by atoms with Gasteiger partial charge < -0.3 is 9.47 Å². The normalized spacial score (nSPS) is 11.7. The maximum absolute atomic E-state index is 5.62. The van der Waals surface area contributed by atoms with Crippen molar-refractivity contribution >= 4 is 71.3 Å². The van der Waals surface area contributed by atoms with Crippen LogP contribution in [-0.4, -0.2) is 32.7 Å². The second-order valence-electron chi connectivity index (χ2n) is 9.46. The van der Waals surface area contributed by atoms with E-state index in [2.05, 4.69) is 69.1 Å². The number of rotatable bonds is 17. The van der Waals surface area contributed by atoms with E-state index in [9.17, 15) is 0 Å². The molecule has 6 heteroatoms. The summed E-state index contributed by atoms with van der Waals surface area (Å²) in [5.74, 6) is 0. The Labute approximate surface area is 245 Å². The second kappa shape index (κ2) is 15.5. The molecule has 0 aliphatic rings. The average Bonchev–Trinajstić information content (AvgIpc) is 3.52. The third-order valence-electron chi connectivity index (χ3n) is 6.45. The van der Waals surface area contributed by atoms with Gasteiger partial charge in [0.25, 0.3) is 0 Å². The summed E-state index contributed by atoms with van der Waals surface area (Å²) in [6, 6.07) is 16.3. The molecule has 0 radical (unpaired) electrons. The highest BCUT2D eigenvalue weighted by Gasteiger charge is 2.13. The minimum absolute atomic E-state index is 0.808. The lowest BCUT2D eigenvalue weighted by Crippen LogP contribution is -1.95. The number of ether oxygens (including phenoxy) is 2. The Kier molecular flexibility index (Phi) is 12.1. The third kappa shape index (κ3) is 8.36. The van der Waals surface area contributed by atoms with Crippen LogP contribution in [0.5, 0.6) is 0 Å². The molecule has 2 heterocycles. The molecule has 0 atom stereocenters. The molecule has 0 aliphatic carbocycles. The number of fused-ring (bicyclic) bond motifs is 2. The van der Waals surface area contributed by atoms with Crippen molar-refractivity contribution in [3.05, 3.63) is 64.4 Å². The Morgan fingerprint density at radius 1 is 0.789 bits per heavy atom. The van der Waals surface area contributed by atoms with E-state index in [0.717, 1.165) is 63.4 Å². The van der Waals surface area contributed by atoms with Gasteiger partial charge in [0, 0.05) is 65.8 Å². The number of thiophene rings is 2. The monoisotopic (exact) mass is 584 g/mol. The van der Waals surface area contributed by atoms with Crippen LogP contribution in [0.4, 0.5) is 0 Å². The van der Waals surface area contributed by atoms with Crippen molar-refractivity contribution < 1.29 is 9.47 Å². The first-order valence-corrected chi connectivity index (χ1v) is 17.4. The van der Waals surface area contributed by atoms with E-state index in [4.69, 9.17) is 9.47 Å². The maximum Gasteiger partial charge on any atom is 0.0466 e. The van der Waals surface area contributed by atoms with Gasteiger partial charge in [-0.1, -0.05) is 31.3 Å². The molecule has 2 aromatic heterocycles. The molecule has 0 aliphatic heterocycles. The molecular formula is C32H40O2S4. The van der Waals surface area contributed by atoms with Gasteiger partial charge in [-0.25, -0.2) is 0 Å². The summed E-state index contributed by atoms with van der Waals surface area (Å²) in [5.41, 5.74) is 1.26. The maximum atomic E-state index is 5.62. The second-order valence-corrected chi connectivity index (χ2v) is 13.8. The van der Waals surface area contributed by atoms with Crippen molar-refractivity contribution in [2.75, 3.05) is 32.7 Å². The fourth-order valence-electron chi connectivity index (χ4n) is 4.48. The first-order chi connectivity index (χ1) is 18.6. The summed E-state index contributed by atoms with van der Waals surface area (Å²) in [7, 11) is 0. The largest absolute Gasteiger partial charge is 0.382 e. The van der Waals surface area contributed by atoms with E-state index >= 15 is 0 Å². The molecular weight excluding hydrogens is 545 g/mol. The Balaban J connectivity index is 1.40. The smallest absolute Gasteiger partial charge is 0.0466 e. The number of benzene rings is 2. The summed E-state index contributed by atoms with van der Waals surface area (Å²) in [6.45, 7) is 12.2. The van der Waals surface area contributed by atoms with E-state index in [0.29, 0.717) is 0 Å². The van der Waals surface area contributed by atoms with E-state index in [1.807, 2.05) is 34.4 Å². The van der Waals surface area contributed by atoms with Crippen molar-refractivity contribution in [1.29, 1.82) is 0 Å². The Hall–Kier alpha value is -1.28. The molecule has 0 bridgehead atoms. The first kappa shape index (κ1) is 29.7. The molecule has 204 valence electrons. The minimum Gasteiger partial charge on any atom is -0.382 e. The number of hydrogen-bond donors (Lipinski definition) is 0. The van der Waals surface area contributed by atoms with Gasteiger partial charge in [-0.3, -0.25) is 0 Å². The van der Waals surface area contributed by atoms with Crippen LogP contribution < -0.4 is 0 Å². The molecule has 2 aromatic carbocycles. The van der Waals surface area contributed by atoms with Gasteiger partial charge in [0.05, 0.1) is 0 Å². The van der Waals surface area contributed by atoms with E-state index in [-0.39, 0.29) is 0 Å². The molecule has 0 amide bonds. The predicted molar refractivity (Wildman–Crippen MR) is 174 cm³/mol. The minimum atomic E-state index is 0.808. The zero-order valence-electron chi connectivity index (χ0n) is 23.0. The van der Waals surface area contributed by atoms with Gasteiger partial charge in [-0.05, 0) is 105 Å². The topological polar surface area (TPSA) is 18.5 Å². The fraction of sp³-hybridized carbons (Fsp3) is 0.438. The molecule has 2 nitrogen and oxygen atoms in total. The van der Waals surface area contributed by atoms with Crippen LogP contribution >= 0.6 is 46.2 Å². The lowest BCUT2D eigenvalue weighted by Gasteiger charge is -2.11. The number of unbranched alkanes of at least 4 members (excludes halogenated alkanes) is 2. The summed E-state index contributed by atoms with van der Waals surface area (Å²) in [4.78, 5) is 6.62. The van der Waals surface area contributed by atoms with Crippen LogP contribution in [0.1, 0.15) is 61.3 Å². The van der Waals surface area contributed by atoms with Gasteiger partial charge in [-0.2, -0.15) is 0 Å². The molecule has 0 N–H and O–H groups in total. The molecule has 0 fully saturated rings. The van der Waals surface area contributed by atoms with Crippen molar-refractivity contribution in [1.82, 2.24) is 0 Å². The third-order valence-corrected chi connectivity index (χ3v) is 10.5. The van der Waals surface area contributed by atoms with Crippen molar-refractivity contribution in [2.24, 2.45) is 0 Å². The number of thioether (sulfide) groups is 2. The van der Waals surface area contributed by atoms with E-state index < -0.39 is 0 Å². The average molecular weight is 585 g/mol. The highest BCUT2D eigenvalue weighted by atomic mass is 32.2. The standard InChI is InChI=1S/C32H40O2S4/c1-5-15-34-17-10-8-11-26-18-24-13-14-28(21-30(24)37-26)36-23(3)29-20-25-19-27(12-7-9-16-33-6-2)38-31(25)22-32(29)35-4/h13-14,18-22H,3,5-12,15-17H2,1-2,4H3. The highest BCUT2D eigenvalue weighted by Crippen LogP contribution is 2.42. The highest BCUT2D eigenvalue weighted by molar-refractivity contribution is 8.08. The fourth-order valence-corrected chi connectivity index (χ4v) is 8.48. The molecule has 0 spiro atoms. The summed E-state index contributed by atoms with van der Waals surface area (Å²) in [6.07, 6.45) is 10.2. The molecule has 4 rings (SSSR count). The van der Waals surface area contributed by atoms with Crippen LogP contribution in [0, 0.1) is 0 Å². The number of hydrogen-bond acceptors (Lipinski definition) is 6. The lowest BCUT2D eigenvalue weighted by molar-refractivity contribution is 0.131. The van der Waals surface area contributed by atoms with Crippen molar-refractivity contribution in [3.8, 4) is 0 Å². The first-order valence-electron chi connectivity index (χ1n) is 13.8. The molecule has 0 saturated heterocycles. The van der Waals surface area contributed by atoms with Gasteiger partial charge >= 0.3 is 0 Å². The van der Waals surface area contributed by atoms with Crippen molar-refractivity contribution in [2.45, 2.75) is 68.6 Å². The summed E-state index contributed by atoms with van der Waals surface area (Å²) >= 11 is 7.47. The van der Waals surface area contributed by atoms with Gasteiger partial charge in [0.1, 0.15) is 0 Å². The zero-order chi connectivity index (χ0) is 26.7.